The van der Waals surface area contributed by atoms with Crippen LogP contribution in [0.3, 0.4) is 0 Å². The molecule has 0 saturated carbocycles. The van der Waals surface area contributed by atoms with Crippen molar-refractivity contribution in [1.82, 2.24) is 19.4 Å². The Kier molecular flexibility index (Phi) is 5.60. The molecule has 0 atom stereocenters. The fraction of sp³-hybridized carbons (Fsp3) is 0.538. The predicted octanol–water partition coefficient (Wildman–Crippen LogP) is 2.40. The molecule has 2 rings (SSSR count). The van der Waals surface area contributed by atoms with Crippen molar-refractivity contribution in [3.8, 4) is 0 Å². The van der Waals surface area contributed by atoms with Crippen LogP contribution in [-0.4, -0.2) is 53.3 Å². The van der Waals surface area contributed by atoms with E-state index >= 15 is 0 Å². The van der Waals surface area contributed by atoms with E-state index in [9.17, 15) is 0 Å². The number of fused-ring (bicyclic) bond motifs is 1. The second kappa shape index (κ2) is 7.22. The monoisotopic (exact) mass is 316 g/mol. The van der Waals surface area contributed by atoms with E-state index in [1.807, 2.05) is 10.6 Å². The number of imidazole rings is 1. The third-order valence-corrected chi connectivity index (χ3v) is 3.58. The number of likely N-dealkylation sites (N-methyl/N-ethyl adjacent to an activating group) is 1. The lowest BCUT2D eigenvalue weighted by Gasteiger charge is -2.17. The summed E-state index contributed by atoms with van der Waals surface area (Å²) < 4.78 is 7.11. The molecule has 0 bridgehead atoms. The number of nitrogens with zero attached hydrogens (tertiary/aromatic N) is 4. The molecule has 0 aliphatic carbocycles. The Morgan fingerprint density at radius 1 is 1.40 bits per heavy atom. The maximum absolute atomic E-state index is 5.96. The molecule has 110 valence electrons. The molecular formula is C13H18Cl2N4O. The molecule has 2 aromatic heterocycles. The minimum absolute atomic E-state index is 0.357. The number of methoxy groups -OCH3 is 1. The molecule has 0 N–H and O–H groups in total. The van der Waals surface area contributed by atoms with E-state index < -0.39 is 0 Å². The summed E-state index contributed by atoms with van der Waals surface area (Å²) in [6, 6.07) is 1.81. The zero-order valence-electron chi connectivity index (χ0n) is 11.6. The van der Waals surface area contributed by atoms with E-state index in [1.54, 1.807) is 13.3 Å². The van der Waals surface area contributed by atoms with Gasteiger partial charge in [-0.3, -0.25) is 0 Å². The van der Waals surface area contributed by atoms with Gasteiger partial charge in [-0.25, -0.2) is 9.97 Å². The van der Waals surface area contributed by atoms with Crippen LogP contribution in [0.4, 0.5) is 0 Å². The lowest BCUT2D eigenvalue weighted by atomic mass is 10.4. The van der Waals surface area contributed by atoms with E-state index in [0.717, 1.165) is 43.2 Å². The molecule has 0 aliphatic heterocycles. The standard InChI is InChI=1S/C13H18Cl2N4O/c1-18(5-6-20-2)3-4-19-12(8-14)17-11-7-10(15)9-16-13(11)19/h7,9H,3-6,8H2,1-2H3. The highest BCUT2D eigenvalue weighted by Crippen LogP contribution is 2.19. The third-order valence-electron chi connectivity index (χ3n) is 3.13. The molecule has 0 radical (unpaired) electrons. The van der Waals surface area contributed by atoms with Gasteiger partial charge in [0.15, 0.2) is 5.65 Å². The fourth-order valence-electron chi connectivity index (χ4n) is 2.00. The molecule has 0 aliphatic rings. The Bertz CT molecular complexity index is 573. The van der Waals surface area contributed by atoms with Crippen LogP contribution >= 0.6 is 23.2 Å². The molecule has 7 heteroatoms. The van der Waals surface area contributed by atoms with Crippen molar-refractivity contribution >= 4 is 34.4 Å². The summed E-state index contributed by atoms with van der Waals surface area (Å²) in [5.41, 5.74) is 1.61. The molecule has 20 heavy (non-hydrogen) atoms. The van der Waals surface area contributed by atoms with E-state index in [-0.39, 0.29) is 0 Å². The van der Waals surface area contributed by atoms with Gasteiger partial charge in [-0.15, -0.1) is 11.6 Å². The van der Waals surface area contributed by atoms with E-state index in [0.29, 0.717) is 10.9 Å². The summed E-state index contributed by atoms with van der Waals surface area (Å²) >= 11 is 11.9. The molecule has 0 saturated heterocycles. The van der Waals surface area contributed by atoms with E-state index in [4.69, 9.17) is 27.9 Å². The highest BCUT2D eigenvalue weighted by molar-refractivity contribution is 6.31. The molecule has 0 aromatic carbocycles. The van der Waals surface area contributed by atoms with Crippen molar-refractivity contribution in [2.75, 3.05) is 33.9 Å². The Morgan fingerprint density at radius 2 is 2.20 bits per heavy atom. The van der Waals surface area contributed by atoms with Gasteiger partial charge >= 0.3 is 0 Å². The van der Waals surface area contributed by atoms with Gasteiger partial charge in [-0.1, -0.05) is 11.6 Å². The zero-order chi connectivity index (χ0) is 14.5. The fourth-order valence-corrected chi connectivity index (χ4v) is 2.36. The maximum Gasteiger partial charge on any atom is 0.160 e. The number of alkyl halides is 1. The summed E-state index contributed by atoms with van der Waals surface area (Å²) in [6.45, 7) is 3.27. The SMILES string of the molecule is COCCN(C)CCn1c(CCl)nc2cc(Cl)cnc21. The van der Waals surface area contributed by atoms with Crippen LogP contribution in [0.15, 0.2) is 12.3 Å². The van der Waals surface area contributed by atoms with Gasteiger partial charge in [0.1, 0.15) is 11.3 Å². The Hall–Kier alpha value is -0.880. The van der Waals surface area contributed by atoms with Crippen LogP contribution in [0.2, 0.25) is 5.02 Å². The quantitative estimate of drug-likeness (QED) is 0.736. The first-order chi connectivity index (χ1) is 9.65. The average Bonchev–Trinajstić information content (AvgIpc) is 2.79. The third kappa shape index (κ3) is 3.61. The largest absolute Gasteiger partial charge is 0.383 e. The van der Waals surface area contributed by atoms with E-state index in [2.05, 4.69) is 21.9 Å². The minimum atomic E-state index is 0.357. The van der Waals surface area contributed by atoms with Gasteiger partial charge in [0.25, 0.3) is 0 Å². The second-order valence-corrected chi connectivity index (χ2v) is 5.31. The van der Waals surface area contributed by atoms with Gasteiger partial charge in [0, 0.05) is 32.9 Å². The number of hydrogen-bond acceptors (Lipinski definition) is 4. The van der Waals surface area contributed by atoms with Crippen LogP contribution in [0, 0.1) is 0 Å². The Balaban J connectivity index is 2.15. The van der Waals surface area contributed by atoms with Gasteiger partial charge in [0.2, 0.25) is 0 Å². The van der Waals surface area contributed by atoms with Crippen molar-refractivity contribution in [1.29, 1.82) is 0 Å². The molecule has 5 nitrogen and oxygen atoms in total. The summed E-state index contributed by atoms with van der Waals surface area (Å²) in [6.07, 6.45) is 1.63. The molecule has 2 aromatic rings. The van der Waals surface area contributed by atoms with Gasteiger partial charge in [-0.2, -0.15) is 0 Å². The van der Waals surface area contributed by atoms with Crippen LogP contribution in [0.5, 0.6) is 0 Å². The maximum atomic E-state index is 5.96. The topological polar surface area (TPSA) is 43.2 Å². The number of halogens is 2. The highest BCUT2D eigenvalue weighted by Gasteiger charge is 2.12. The summed E-state index contributed by atoms with van der Waals surface area (Å²) in [5.74, 6) is 1.17. The number of hydrogen-bond donors (Lipinski definition) is 0. The van der Waals surface area contributed by atoms with Crippen molar-refractivity contribution in [3.63, 3.8) is 0 Å². The first-order valence-corrected chi connectivity index (χ1v) is 7.31. The smallest absolute Gasteiger partial charge is 0.160 e. The first kappa shape index (κ1) is 15.5. The van der Waals surface area contributed by atoms with Crippen LogP contribution < -0.4 is 0 Å². The number of rotatable bonds is 7. The first-order valence-electron chi connectivity index (χ1n) is 6.39. The van der Waals surface area contributed by atoms with Gasteiger partial charge in [0.05, 0.1) is 17.5 Å². The number of ether oxygens (including phenoxy) is 1. The lowest BCUT2D eigenvalue weighted by Crippen LogP contribution is -2.27. The van der Waals surface area contributed by atoms with Crippen LogP contribution in [0.1, 0.15) is 5.82 Å². The summed E-state index contributed by atoms with van der Waals surface area (Å²) in [5, 5.41) is 0.584. The van der Waals surface area contributed by atoms with Crippen molar-refractivity contribution < 1.29 is 4.74 Å². The van der Waals surface area contributed by atoms with Crippen molar-refractivity contribution in [2.45, 2.75) is 12.4 Å². The summed E-state index contributed by atoms with van der Waals surface area (Å²) in [7, 11) is 3.76. The average molecular weight is 317 g/mol. The molecule has 0 fully saturated rings. The lowest BCUT2D eigenvalue weighted by molar-refractivity contribution is 0.159. The highest BCUT2D eigenvalue weighted by atomic mass is 35.5. The summed E-state index contributed by atoms with van der Waals surface area (Å²) in [4.78, 5) is 11.0. The predicted molar refractivity (Wildman–Crippen MR) is 81.5 cm³/mol. The minimum Gasteiger partial charge on any atom is -0.383 e. The normalized spacial score (nSPS) is 11.7. The van der Waals surface area contributed by atoms with E-state index in [1.165, 1.54) is 0 Å². The molecule has 2 heterocycles. The molecular weight excluding hydrogens is 299 g/mol. The van der Waals surface area contributed by atoms with Gasteiger partial charge < -0.3 is 14.2 Å². The zero-order valence-corrected chi connectivity index (χ0v) is 13.2. The number of pyridine rings is 1. The van der Waals surface area contributed by atoms with Crippen LogP contribution in [-0.2, 0) is 17.2 Å². The Labute approximate surface area is 128 Å². The van der Waals surface area contributed by atoms with Crippen molar-refractivity contribution in [2.24, 2.45) is 0 Å². The van der Waals surface area contributed by atoms with Crippen LogP contribution in [0.25, 0.3) is 11.2 Å². The molecule has 0 unspecified atom stereocenters. The Morgan fingerprint density at radius 3 is 2.90 bits per heavy atom. The second-order valence-electron chi connectivity index (χ2n) is 4.61. The molecule has 0 spiro atoms. The molecule has 0 amide bonds. The number of aromatic nitrogens is 3. The van der Waals surface area contributed by atoms with Gasteiger partial charge in [-0.05, 0) is 13.1 Å². The van der Waals surface area contributed by atoms with Crippen molar-refractivity contribution in [3.05, 3.63) is 23.1 Å².